The number of nitrogens with zero attached hydrogens (tertiary/aromatic N) is 2. The van der Waals surface area contributed by atoms with Gasteiger partial charge in [-0.15, -0.1) is 0 Å². The van der Waals surface area contributed by atoms with E-state index in [4.69, 9.17) is 4.74 Å². The maximum Gasteiger partial charge on any atom is 0.315 e. The van der Waals surface area contributed by atoms with Crippen molar-refractivity contribution in [3.63, 3.8) is 0 Å². The Morgan fingerprint density at radius 1 is 1.04 bits per heavy atom. The molecule has 0 radical (unpaired) electrons. The lowest BCUT2D eigenvalue weighted by Gasteiger charge is -2.08. The number of hydrogen-bond donors (Lipinski definition) is 1. The molecule has 1 N–H and O–H groups in total. The molecule has 5 heteroatoms. The predicted octanol–water partition coefficient (Wildman–Crippen LogP) is 3.68. The van der Waals surface area contributed by atoms with Gasteiger partial charge in [0.05, 0.1) is 6.42 Å². The average Bonchev–Trinajstić information content (AvgIpc) is 2.57. The summed E-state index contributed by atoms with van der Waals surface area (Å²) in [7, 11) is 0. The van der Waals surface area contributed by atoms with E-state index < -0.39 is 0 Å². The topological polar surface area (TPSA) is 64.1 Å². The van der Waals surface area contributed by atoms with Crippen LogP contribution in [0.4, 0.5) is 11.5 Å². The molecule has 0 aliphatic rings. The molecule has 0 amide bonds. The summed E-state index contributed by atoms with van der Waals surface area (Å²) < 4.78 is 5.35. The van der Waals surface area contributed by atoms with Gasteiger partial charge in [0.15, 0.2) is 0 Å². The third-order valence-electron chi connectivity index (χ3n) is 3.35. The van der Waals surface area contributed by atoms with Gasteiger partial charge in [-0.1, -0.05) is 30.3 Å². The molecule has 5 nitrogen and oxygen atoms in total. The number of anilines is 2. The van der Waals surface area contributed by atoms with E-state index >= 15 is 0 Å². The number of ether oxygens (including phenoxy) is 1. The molecular formula is C19H17N3O2. The fourth-order valence-electron chi connectivity index (χ4n) is 2.21. The third kappa shape index (κ3) is 4.39. The van der Waals surface area contributed by atoms with Crippen molar-refractivity contribution >= 4 is 17.5 Å². The maximum absolute atomic E-state index is 11.9. The van der Waals surface area contributed by atoms with Gasteiger partial charge in [0.1, 0.15) is 17.9 Å². The van der Waals surface area contributed by atoms with Gasteiger partial charge in [-0.2, -0.15) is 0 Å². The van der Waals surface area contributed by atoms with E-state index in [9.17, 15) is 4.79 Å². The van der Waals surface area contributed by atoms with E-state index in [0.29, 0.717) is 5.75 Å². The second-order valence-electron chi connectivity index (χ2n) is 5.33. The van der Waals surface area contributed by atoms with Crippen LogP contribution in [0.1, 0.15) is 11.3 Å². The standard InChI is InChI=1S/C19H17N3O2/c1-14-11-18(21-13-20-14)22-16-7-9-17(10-8-16)24-19(23)12-15-5-3-2-4-6-15/h2-11,13H,12H2,1H3,(H,20,21,22). The van der Waals surface area contributed by atoms with Gasteiger partial charge in [-0.25, -0.2) is 9.97 Å². The summed E-state index contributed by atoms with van der Waals surface area (Å²) in [5.74, 6) is 0.949. The molecular weight excluding hydrogens is 302 g/mol. The first-order valence-corrected chi connectivity index (χ1v) is 7.59. The van der Waals surface area contributed by atoms with Gasteiger partial charge in [-0.3, -0.25) is 4.79 Å². The average molecular weight is 319 g/mol. The van der Waals surface area contributed by atoms with Gasteiger partial charge in [0, 0.05) is 17.4 Å². The van der Waals surface area contributed by atoms with Crippen LogP contribution >= 0.6 is 0 Å². The Morgan fingerprint density at radius 2 is 1.79 bits per heavy atom. The first-order valence-electron chi connectivity index (χ1n) is 7.59. The molecule has 0 fully saturated rings. The first kappa shape index (κ1) is 15.7. The molecule has 2 aromatic carbocycles. The van der Waals surface area contributed by atoms with E-state index in [1.165, 1.54) is 6.33 Å². The number of hydrogen-bond acceptors (Lipinski definition) is 5. The molecule has 0 bridgehead atoms. The van der Waals surface area contributed by atoms with Crippen molar-refractivity contribution in [2.24, 2.45) is 0 Å². The molecule has 120 valence electrons. The van der Waals surface area contributed by atoms with Gasteiger partial charge in [0.25, 0.3) is 0 Å². The normalized spacial score (nSPS) is 10.2. The molecule has 24 heavy (non-hydrogen) atoms. The summed E-state index contributed by atoms with van der Waals surface area (Å²) in [6.07, 6.45) is 1.76. The minimum atomic E-state index is -0.284. The Kier molecular flexibility index (Phi) is 4.81. The number of esters is 1. The van der Waals surface area contributed by atoms with Crippen molar-refractivity contribution in [1.29, 1.82) is 0 Å². The number of aromatic nitrogens is 2. The molecule has 1 heterocycles. The van der Waals surface area contributed by atoms with Crippen LogP contribution in [0, 0.1) is 6.92 Å². The minimum Gasteiger partial charge on any atom is -0.426 e. The van der Waals surface area contributed by atoms with Crippen LogP contribution in [0.2, 0.25) is 0 Å². The van der Waals surface area contributed by atoms with E-state index in [1.54, 1.807) is 12.1 Å². The summed E-state index contributed by atoms with van der Waals surface area (Å²) in [6.45, 7) is 1.90. The number of benzene rings is 2. The fourth-order valence-corrected chi connectivity index (χ4v) is 2.21. The van der Waals surface area contributed by atoms with E-state index in [2.05, 4.69) is 15.3 Å². The molecule has 0 atom stereocenters. The van der Waals surface area contributed by atoms with Gasteiger partial charge in [-0.05, 0) is 36.8 Å². The highest BCUT2D eigenvalue weighted by Crippen LogP contribution is 2.19. The van der Waals surface area contributed by atoms with Crippen LogP contribution in [0.3, 0.4) is 0 Å². The molecule has 0 spiro atoms. The van der Waals surface area contributed by atoms with Gasteiger partial charge < -0.3 is 10.1 Å². The molecule has 0 aliphatic carbocycles. The maximum atomic E-state index is 11.9. The highest BCUT2D eigenvalue weighted by molar-refractivity contribution is 5.75. The Bertz CT molecular complexity index is 818. The molecule has 0 saturated heterocycles. The highest BCUT2D eigenvalue weighted by Gasteiger charge is 2.06. The van der Waals surface area contributed by atoms with Crippen molar-refractivity contribution in [1.82, 2.24) is 9.97 Å². The molecule has 0 unspecified atom stereocenters. The van der Waals surface area contributed by atoms with Crippen molar-refractivity contribution in [2.75, 3.05) is 5.32 Å². The van der Waals surface area contributed by atoms with Crippen molar-refractivity contribution in [3.05, 3.63) is 78.2 Å². The number of nitrogens with one attached hydrogen (secondary N) is 1. The lowest BCUT2D eigenvalue weighted by Crippen LogP contribution is -2.11. The summed E-state index contributed by atoms with van der Waals surface area (Å²) in [4.78, 5) is 20.1. The number of carbonyl (C=O) groups is 1. The number of carbonyl (C=O) groups excluding carboxylic acids is 1. The van der Waals surface area contributed by atoms with Crippen LogP contribution in [-0.2, 0) is 11.2 Å². The van der Waals surface area contributed by atoms with E-state index in [1.807, 2.05) is 55.5 Å². The SMILES string of the molecule is Cc1cc(Nc2ccc(OC(=O)Cc3ccccc3)cc2)ncn1. The zero-order valence-electron chi connectivity index (χ0n) is 13.3. The lowest BCUT2D eigenvalue weighted by atomic mass is 10.2. The van der Waals surface area contributed by atoms with Crippen molar-refractivity contribution < 1.29 is 9.53 Å². The zero-order chi connectivity index (χ0) is 16.8. The lowest BCUT2D eigenvalue weighted by molar-refractivity contribution is -0.133. The Morgan fingerprint density at radius 3 is 2.50 bits per heavy atom. The van der Waals surface area contributed by atoms with E-state index in [-0.39, 0.29) is 12.4 Å². The molecule has 1 aromatic heterocycles. The molecule has 0 aliphatic heterocycles. The smallest absolute Gasteiger partial charge is 0.315 e. The number of rotatable bonds is 5. The molecule has 0 saturated carbocycles. The van der Waals surface area contributed by atoms with Gasteiger partial charge in [0.2, 0.25) is 0 Å². The van der Waals surface area contributed by atoms with Crippen molar-refractivity contribution in [3.8, 4) is 5.75 Å². The second kappa shape index (κ2) is 7.37. The summed E-state index contributed by atoms with van der Waals surface area (Å²) in [5.41, 5.74) is 2.68. The monoisotopic (exact) mass is 319 g/mol. The number of aryl methyl sites for hydroxylation is 1. The minimum absolute atomic E-state index is 0.251. The van der Waals surface area contributed by atoms with Gasteiger partial charge >= 0.3 is 5.97 Å². The Balaban J connectivity index is 1.59. The second-order valence-corrected chi connectivity index (χ2v) is 5.33. The quantitative estimate of drug-likeness (QED) is 0.574. The zero-order valence-corrected chi connectivity index (χ0v) is 13.3. The first-order chi connectivity index (χ1) is 11.7. The fraction of sp³-hybridized carbons (Fsp3) is 0.105. The van der Waals surface area contributed by atoms with Crippen LogP contribution < -0.4 is 10.1 Å². The Labute approximate surface area is 140 Å². The van der Waals surface area contributed by atoms with Crippen LogP contribution in [0.25, 0.3) is 0 Å². The summed E-state index contributed by atoms with van der Waals surface area (Å²) in [5, 5.41) is 3.17. The highest BCUT2D eigenvalue weighted by atomic mass is 16.5. The van der Waals surface area contributed by atoms with Crippen molar-refractivity contribution in [2.45, 2.75) is 13.3 Å². The Hall–Kier alpha value is -3.21. The summed E-state index contributed by atoms with van der Waals surface area (Å²) in [6, 6.07) is 18.5. The van der Waals surface area contributed by atoms with Crippen LogP contribution in [-0.4, -0.2) is 15.9 Å². The predicted molar refractivity (Wildman–Crippen MR) is 92.3 cm³/mol. The largest absolute Gasteiger partial charge is 0.426 e. The van der Waals surface area contributed by atoms with E-state index in [0.717, 1.165) is 22.8 Å². The molecule has 3 aromatic rings. The molecule has 3 rings (SSSR count). The van der Waals surface area contributed by atoms with Crippen LogP contribution in [0.5, 0.6) is 5.75 Å². The summed E-state index contributed by atoms with van der Waals surface area (Å²) >= 11 is 0. The third-order valence-corrected chi connectivity index (χ3v) is 3.35. The van der Waals surface area contributed by atoms with Crippen LogP contribution in [0.15, 0.2) is 67.0 Å².